The van der Waals surface area contributed by atoms with Crippen molar-refractivity contribution in [3.8, 4) is 0 Å². The van der Waals surface area contributed by atoms with Gasteiger partial charge in [-0.25, -0.2) is 4.79 Å². The Hall–Kier alpha value is -1.77. The molecule has 0 heterocycles. The molecule has 1 aromatic carbocycles. The molecule has 0 aliphatic rings. The lowest BCUT2D eigenvalue weighted by Crippen LogP contribution is -2.03. The van der Waals surface area contributed by atoms with Crippen molar-refractivity contribution >= 4 is 6.16 Å². The zero-order valence-corrected chi connectivity index (χ0v) is 10.1. The summed E-state index contributed by atoms with van der Waals surface area (Å²) in [5.74, 6) is 0. The first-order valence-corrected chi connectivity index (χ1v) is 5.72. The van der Waals surface area contributed by atoms with Gasteiger partial charge in [0.2, 0.25) is 0 Å². The fourth-order valence-corrected chi connectivity index (χ4v) is 1.43. The normalized spacial score (nSPS) is 10.4. The molecule has 0 N–H and O–H groups in total. The molecule has 0 bridgehead atoms. The third-order valence-electron chi connectivity index (χ3n) is 2.31. The fraction of sp³-hybridized carbons (Fsp3) is 0.357. The van der Waals surface area contributed by atoms with Crippen LogP contribution in [0.15, 0.2) is 42.5 Å². The van der Waals surface area contributed by atoms with Crippen LogP contribution in [0.25, 0.3) is 0 Å². The smallest absolute Gasteiger partial charge is 0.438 e. The van der Waals surface area contributed by atoms with Crippen LogP contribution in [0, 0.1) is 0 Å². The van der Waals surface area contributed by atoms with Gasteiger partial charge < -0.3 is 9.47 Å². The van der Waals surface area contributed by atoms with Crippen LogP contribution in [0.1, 0.15) is 18.4 Å². The summed E-state index contributed by atoms with van der Waals surface area (Å²) in [5, 5.41) is 0. The summed E-state index contributed by atoms with van der Waals surface area (Å²) >= 11 is 0. The summed E-state index contributed by atoms with van der Waals surface area (Å²) in [5.41, 5.74) is 1.35. The predicted molar refractivity (Wildman–Crippen MR) is 66.9 cm³/mol. The Balaban J connectivity index is 2.04. The van der Waals surface area contributed by atoms with Gasteiger partial charge in [0, 0.05) is 0 Å². The second-order valence-electron chi connectivity index (χ2n) is 3.61. The van der Waals surface area contributed by atoms with Crippen molar-refractivity contribution in [1.29, 1.82) is 0 Å². The van der Waals surface area contributed by atoms with E-state index in [1.54, 1.807) is 0 Å². The molecule has 0 saturated heterocycles. The second kappa shape index (κ2) is 8.39. The van der Waals surface area contributed by atoms with Gasteiger partial charge in [0.25, 0.3) is 0 Å². The summed E-state index contributed by atoms with van der Waals surface area (Å²) in [7, 11) is 1.30. The van der Waals surface area contributed by atoms with Gasteiger partial charge >= 0.3 is 6.16 Å². The van der Waals surface area contributed by atoms with Crippen molar-refractivity contribution in [2.24, 2.45) is 0 Å². The van der Waals surface area contributed by atoms with E-state index in [-0.39, 0.29) is 6.61 Å². The van der Waals surface area contributed by atoms with Gasteiger partial charge in [0.1, 0.15) is 6.61 Å². The Labute approximate surface area is 102 Å². The van der Waals surface area contributed by atoms with Crippen LogP contribution in [0.2, 0.25) is 0 Å². The summed E-state index contributed by atoms with van der Waals surface area (Å²) in [4.78, 5) is 10.6. The molecular weight excluding hydrogens is 216 g/mol. The van der Waals surface area contributed by atoms with Gasteiger partial charge in [-0.1, -0.05) is 42.5 Å². The molecule has 0 amide bonds. The van der Waals surface area contributed by atoms with E-state index in [2.05, 4.69) is 29.0 Å². The maximum Gasteiger partial charge on any atom is 0.508 e. The zero-order valence-electron chi connectivity index (χ0n) is 10.1. The van der Waals surface area contributed by atoms with Crippen LogP contribution in [0.3, 0.4) is 0 Å². The largest absolute Gasteiger partial charge is 0.508 e. The van der Waals surface area contributed by atoms with Gasteiger partial charge in [-0.15, -0.1) is 0 Å². The van der Waals surface area contributed by atoms with Gasteiger partial charge in [-0.2, -0.15) is 0 Å². The molecule has 0 aliphatic carbocycles. The standard InChI is InChI=1S/C14H18O3/c1-16-14(15)17-12-8-3-2-5-9-13-10-6-4-7-11-13/h3-4,6-8,10-11H,2,5,9,12H2,1H3/b8-3-. The van der Waals surface area contributed by atoms with Crippen LogP contribution in [0.4, 0.5) is 4.79 Å². The molecule has 3 heteroatoms. The molecule has 0 unspecified atom stereocenters. The van der Waals surface area contributed by atoms with Crippen LogP contribution >= 0.6 is 0 Å². The van der Waals surface area contributed by atoms with Crippen molar-refractivity contribution in [3.63, 3.8) is 0 Å². The third-order valence-corrected chi connectivity index (χ3v) is 2.31. The topological polar surface area (TPSA) is 35.5 Å². The summed E-state index contributed by atoms with van der Waals surface area (Å²) in [6.45, 7) is 0.276. The van der Waals surface area contributed by atoms with E-state index < -0.39 is 6.16 Å². The monoisotopic (exact) mass is 234 g/mol. The Kier molecular flexibility index (Phi) is 6.56. The van der Waals surface area contributed by atoms with E-state index in [4.69, 9.17) is 4.74 Å². The molecule has 0 atom stereocenters. The number of carbonyl (C=O) groups is 1. The molecule has 0 spiro atoms. The average Bonchev–Trinajstić information content (AvgIpc) is 2.38. The highest BCUT2D eigenvalue weighted by Gasteiger charge is 1.95. The highest BCUT2D eigenvalue weighted by atomic mass is 16.7. The van der Waals surface area contributed by atoms with E-state index >= 15 is 0 Å². The van der Waals surface area contributed by atoms with E-state index in [9.17, 15) is 4.79 Å². The van der Waals surface area contributed by atoms with E-state index in [1.165, 1.54) is 12.7 Å². The molecule has 3 nitrogen and oxygen atoms in total. The third kappa shape index (κ3) is 6.40. The number of unbranched alkanes of at least 4 members (excludes halogenated alkanes) is 1. The number of ether oxygens (including phenoxy) is 2. The molecule has 0 saturated carbocycles. The summed E-state index contributed by atoms with van der Waals surface area (Å²) < 4.78 is 9.05. The van der Waals surface area contributed by atoms with Crippen molar-refractivity contribution in [2.75, 3.05) is 13.7 Å². The minimum atomic E-state index is -0.640. The van der Waals surface area contributed by atoms with Crippen LogP contribution in [-0.2, 0) is 15.9 Å². The predicted octanol–water partition coefficient (Wildman–Crippen LogP) is 3.35. The lowest BCUT2D eigenvalue weighted by molar-refractivity contribution is 0.0817. The minimum absolute atomic E-state index is 0.276. The highest BCUT2D eigenvalue weighted by molar-refractivity contribution is 5.59. The number of allylic oxidation sites excluding steroid dienone is 1. The Bertz CT molecular complexity index is 344. The number of hydrogen-bond acceptors (Lipinski definition) is 3. The maximum atomic E-state index is 10.6. The first kappa shape index (κ1) is 13.3. The summed E-state index contributed by atoms with van der Waals surface area (Å²) in [6.07, 6.45) is 6.37. The fourth-order valence-electron chi connectivity index (χ4n) is 1.43. The Morgan fingerprint density at radius 3 is 2.71 bits per heavy atom. The van der Waals surface area contributed by atoms with Crippen LogP contribution < -0.4 is 0 Å². The van der Waals surface area contributed by atoms with E-state index in [0.29, 0.717) is 0 Å². The molecule has 0 aliphatic heterocycles. The summed E-state index contributed by atoms with van der Waals surface area (Å²) in [6, 6.07) is 10.4. The Morgan fingerprint density at radius 1 is 1.24 bits per heavy atom. The number of hydrogen-bond donors (Lipinski definition) is 0. The average molecular weight is 234 g/mol. The van der Waals surface area contributed by atoms with Crippen molar-refractivity contribution in [3.05, 3.63) is 48.0 Å². The number of methoxy groups -OCH3 is 1. The number of benzene rings is 1. The molecule has 0 aromatic heterocycles. The molecule has 17 heavy (non-hydrogen) atoms. The SMILES string of the molecule is COC(=O)OC/C=C\CCCc1ccccc1. The van der Waals surface area contributed by atoms with Crippen LogP contribution in [0.5, 0.6) is 0 Å². The first-order valence-electron chi connectivity index (χ1n) is 5.72. The maximum absolute atomic E-state index is 10.6. The molecular formula is C14H18O3. The second-order valence-corrected chi connectivity index (χ2v) is 3.61. The first-order chi connectivity index (χ1) is 8.33. The van der Waals surface area contributed by atoms with Gasteiger partial charge in [0.05, 0.1) is 7.11 Å². The Morgan fingerprint density at radius 2 is 2.00 bits per heavy atom. The number of carbonyl (C=O) groups excluding carboxylic acids is 1. The van der Waals surface area contributed by atoms with Crippen molar-refractivity contribution in [1.82, 2.24) is 0 Å². The van der Waals surface area contributed by atoms with E-state index in [1.807, 2.05) is 18.2 Å². The highest BCUT2D eigenvalue weighted by Crippen LogP contribution is 2.04. The molecule has 0 fully saturated rings. The van der Waals surface area contributed by atoms with Crippen molar-refractivity contribution < 1.29 is 14.3 Å². The lowest BCUT2D eigenvalue weighted by atomic mass is 10.1. The quantitative estimate of drug-likeness (QED) is 0.430. The lowest BCUT2D eigenvalue weighted by Gasteiger charge is -1.99. The minimum Gasteiger partial charge on any atom is -0.438 e. The van der Waals surface area contributed by atoms with Crippen LogP contribution in [-0.4, -0.2) is 19.9 Å². The molecule has 92 valence electrons. The molecule has 1 aromatic rings. The molecule has 0 radical (unpaired) electrons. The molecule has 1 rings (SSSR count). The zero-order chi connectivity index (χ0) is 12.3. The number of aryl methyl sites for hydroxylation is 1. The van der Waals surface area contributed by atoms with E-state index in [0.717, 1.165) is 19.3 Å². The van der Waals surface area contributed by atoms with Crippen molar-refractivity contribution in [2.45, 2.75) is 19.3 Å². The van der Waals surface area contributed by atoms with Gasteiger partial charge in [0.15, 0.2) is 0 Å². The van der Waals surface area contributed by atoms with Gasteiger partial charge in [-0.3, -0.25) is 0 Å². The number of rotatable bonds is 6. The van der Waals surface area contributed by atoms with Gasteiger partial charge in [-0.05, 0) is 24.8 Å².